The minimum Gasteiger partial charge on any atom is -0.492 e. The van der Waals surface area contributed by atoms with Crippen LogP contribution in [-0.4, -0.2) is 117 Å². The van der Waals surface area contributed by atoms with Crippen LogP contribution < -0.4 is 9.47 Å². The van der Waals surface area contributed by atoms with Crippen molar-refractivity contribution in [2.75, 3.05) is 86.0 Å². The molecule has 2 aliphatic rings. The third-order valence-corrected chi connectivity index (χ3v) is 6.82. The van der Waals surface area contributed by atoms with E-state index in [1.54, 1.807) is 4.90 Å². The average Bonchev–Trinajstić information content (AvgIpc) is 3.10. The molecule has 0 unspecified atom stereocenters. The van der Waals surface area contributed by atoms with Crippen molar-refractivity contribution in [1.82, 2.24) is 14.7 Å². The van der Waals surface area contributed by atoms with E-state index in [0.29, 0.717) is 26.2 Å². The molecule has 0 bridgehead atoms. The third-order valence-electron chi connectivity index (χ3n) is 6.82. The van der Waals surface area contributed by atoms with Gasteiger partial charge in [0.15, 0.2) is 11.6 Å². The summed E-state index contributed by atoms with van der Waals surface area (Å²) in [7, 11) is 1.44. The number of methoxy groups -OCH3 is 1. The zero-order valence-corrected chi connectivity index (χ0v) is 22.3. The van der Waals surface area contributed by atoms with E-state index in [-0.39, 0.29) is 38.0 Å². The number of hydrogen-bond acceptors (Lipinski definition) is 8. The highest BCUT2D eigenvalue weighted by Crippen LogP contribution is 2.22. The lowest BCUT2D eigenvalue weighted by molar-refractivity contribution is -0.138. The highest BCUT2D eigenvalue weighted by atomic mass is 19.2. The summed E-state index contributed by atoms with van der Waals surface area (Å²) < 4.78 is 48.9. The van der Waals surface area contributed by atoms with Gasteiger partial charge in [0.2, 0.25) is 5.91 Å². The molecular formula is C28H37F2N3O6. The predicted octanol–water partition coefficient (Wildman–Crippen LogP) is 1.78. The maximum Gasteiger partial charge on any atom is 0.248 e. The van der Waals surface area contributed by atoms with Gasteiger partial charge in [-0.3, -0.25) is 14.6 Å². The van der Waals surface area contributed by atoms with Crippen LogP contribution in [0, 0.1) is 11.6 Å². The van der Waals surface area contributed by atoms with Crippen molar-refractivity contribution < 1.29 is 37.6 Å². The molecule has 39 heavy (non-hydrogen) atoms. The standard InChI is InChI=1S/C28H37F2N3O6/c1-36-18-27(34)33-9-8-32(19-28(35,20-33)21-39-24-6-7-25(29)26(30)16-24)17-22-2-4-23(5-3-22)38-15-12-31-10-13-37-14-11-31/h2-7,16,35H,8-15,17-21H2,1H3/t28-/m1/s1. The van der Waals surface area contributed by atoms with Gasteiger partial charge in [-0.25, -0.2) is 8.78 Å². The van der Waals surface area contributed by atoms with Crippen molar-refractivity contribution in [2.45, 2.75) is 12.1 Å². The fourth-order valence-electron chi connectivity index (χ4n) is 4.75. The monoisotopic (exact) mass is 549 g/mol. The molecular weight excluding hydrogens is 512 g/mol. The first-order valence-corrected chi connectivity index (χ1v) is 13.1. The van der Waals surface area contributed by atoms with Crippen molar-refractivity contribution in [3.8, 4) is 11.5 Å². The Morgan fingerprint density at radius 1 is 0.949 bits per heavy atom. The van der Waals surface area contributed by atoms with Gasteiger partial charge in [0.1, 0.15) is 36.9 Å². The van der Waals surface area contributed by atoms with Gasteiger partial charge < -0.3 is 29.0 Å². The van der Waals surface area contributed by atoms with Crippen LogP contribution in [-0.2, 0) is 20.8 Å². The van der Waals surface area contributed by atoms with Gasteiger partial charge in [-0.2, -0.15) is 0 Å². The molecule has 1 N–H and O–H groups in total. The quantitative estimate of drug-likeness (QED) is 0.454. The molecule has 0 spiro atoms. The van der Waals surface area contributed by atoms with E-state index in [4.69, 9.17) is 18.9 Å². The molecule has 11 heteroatoms. The van der Waals surface area contributed by atoms with Crippen molar-refractivity contribution in [1.29, 1.82) is 0 Å². The second-order valence-corrected chi connectivity index (χ2v) is 9.99. The normalized spacial score (nSPS) is 21.0. The Balaban J connectivity index is 1.36. The number of β-amino-alcohol motifs (C(OH)–C–C–N with tert-alkyl or cyclic N) is 1. The van der Waals surface area contributed by atoms with Crippen LogP contribution in [0.4, 0.5) is 8.78 Å². The van der Waals surface area contributed by atoms with Crippen LogP contribution in [0.2, 0.25) is 0 Å². The Kier molecular flexibility index (Phi) is 10.5. The number of morpholine rings is 1. The lowest BCUT2D eigenvalue weighted by Gasteiger charge is -2.33. The van der Waals surface area contributed by atoms with E-state index in [0.717, 1.165) is 56.3 Å². The zero-order valence-electron chi connectivity index (χ0n) is 22.3. The first kappa shape index (κ1) is 29.2. The van der Waals surface area contributed by atoms with Gasteiger partial charge in [0, 0.05) is 59.0 Å². The van der Waals surface area contributed by atoms with E-state index in [1.807, 2.05) is 29.2 Å². The van der Waals surface area contributed by atoms with Gasteiger partial charge in [0.25, 0.3) is 0 Å². The fraction of sp³-hybridized carbons (Fsp3) is 0.536. The van der Waals surface area contributed by atoms with E-state index in [9.17, 15) is 18.7 Å². The Morgan fingerprint density at radius 3 is 2.41 bits per heavy atom. The predicted molar refractivity (Wildman–Crippen MR) is 140 cm³/mol. The molecule has 2 fully saturated rings. The number of hydrogen-bond donors (Lipinski definition) is 1. The highest BCUT2D eigenvalue weighted by molar-refractivity contribution is 5.77. The number of benzene rings is 2. The molecule has 0 aliphatic carbocycles. The average molecular weight is 550 g/mol. The highest BCUT2D eigenvalue weighted by Gasteiger charge is 2.37. The first-order valence-electron chi connectivity index (χ1n) is 13.1. The van der Waals surface area contributed by atoms with Crippen molar-refractivity contribution >= 4 is 5.91 Å². The van der Waals surface area contributed by atoms with Crippen LogP contribution in [0.1, 0.15) is 5.56 Å². The smallest absolute Gasteiger partial charge is 0.248 e. The third kappa shape index (κ3) is 8.84. The number of nitrogens with zero attached hydrogens (tertiary/aromatic N) is 3. The minimum absolute atomic E-state index is 0.0191. The van der Waals surface area contributed by atoms with Crippen LogP contribution in [0.5, 0.6) is 11.5 Å². The SMILES string of the molecule is COCC(=O)N1CCN(Cc2ccc(OCCN3CCOCC3)cc2)C[C@](O)(COc2ccc(F)c(F)c2)C1. The second kappa shape index (κ2) is 14.0. The van der Waals surface area contributed by atoms with Crippen molar-refractivity contribution in [2.24, 2.45) is 0 Å². The Bertz CT molecular complexity index is 1070. The minimum atomic E-state index is -1.45. The molecule has 0 radical (unpaired) electrons. The van der Waals surface area contributed by atoms with Gasteiger partial charge in [-0.05, 0) is 29.8 Å². The van der Waals surface area contributed by atoms with Crippen LogP contribution in [0.15, 0.2) is 42.5 Å². The molecule has 9 nitrogen and oxygen atoms in total. The maximum atomic E-state index is 13.6. The summed E-state index contributed by atoms with van der Waals surface area (Å²) >= 11 is 0. The van der Waals surface area contributed by atoms with Crippen molar-refractivity contribution in [3.05, 3.63) is 59.7 Å². The second-order valence-electron chi connectivity index (χ2n) is 9.99. The molecule has 0 saturated carbocycles. The summed E-state index contributed by atoms with van der Waals surface area (Å²) in [5.74, 6) is -1.38. The first-order chi connectivity index (χ1) is 18.8. The van der Waals surface area contributed by atoms with Gasteiger partial charge >= 0.3 is 0 Å². The molecule has 2 saturated heterocycles. The van der Waals surface area contributed by atoms with Crippen molar-refractivity contribution in [3.63, 3.8) is 0 Å². The Hall–Kier alpha value is -2.83. The van der Waals surface area contributed by atoms with Crippen LogP contribution >= 0.6 is 0 Å². The van der Waals surface area contributed by atoms with E-state index < -0.39 is 17.2 Å². The number of aliphatic hydroxyl groups is 1. The van der Waals surface area contributed by atoms with Gasteiger partial charge in [-0.1, -0.05) is 12.1 Å². The topological polar surface area (TPSA) is 83.9 Å². The molecule has 2 aliphatic heterocycles. The molecule has 4 rings (SSSR count). The summed E-state index contributed by atoms with van der Waals surface area (Å²) in [6.07, 6.45) is 0. The largest absolute Gasteiger partial charge is 0.492 e. The number of halogens is 2. The van der Waals surface area contributed by atoms with Gasteiger partial charge in [-0.15, -0.1) is 0 Å². The van der Waals surface area contributed by atoms with E-state index in [1.165, 1.54) is 13.2 Å². The van der Waals surface area contributed by atoms with Crippen LogP contribution in [0.3, 0.4) is 0 Å². The number of amides is 1. The lowest BCUT2D eigenvalue weighted by Crippen LogP contribution is -2.52. The lowest BCUT2D eigenvalue weighted by atomic mass is 10.0. The summed E-state index contributed by atoms with van der Waals surface area (Å²) in [6.45, 7) is 6.20. The summed E-state index contributed by atoms with van der Waals surface area (Å²) in [5.41, 5.74) is -0.427. The molecule has 2 aromatic carbocycles. The zero-order chi connectivity index (χ0) is 27.7. The van der Waals surface area contributed by atoms with E-state index >= 15 is 0 Å². The summed E-state index contributed by atoms with van der Waals surface area (Å²) in [4.78, 5) is 18.5. The van der Waals surface area contributed by atoms with Crippen LogP contribution in [0.25, 0.3) is 0 Å². The van der Waals surface area contributed by atoms with Gasteiger partial charge in [0.05, 0.1) is 19.8 Å². The molecule has 1 atom stereocenters. The Morgan fingerprint density at radius 2 is 1.69 bits per heavy atom. The molecule has 214 valence electrons. The fourth-order valence-corrected chi connectivity index (χ4v) is 4.75. The number of ether oxygens (including phenoxy) is 4. The summed E-state index contributed by atoms with van der Waals surface area (Å²) in [6, 6.07) is 11.0. The molecule has 2 heterocycles. The number of carbonyl (C=O) groups is 1. The maximum absolute atomic E-state index is 13.6. The molecule has 1 amide bonds. The molecule has 0 aromatic heterocycles. The molecule has 2 aromatic rings. The van der Waals surface area contributed by atoms with E-state index in [2.05, 4.69) is 4.90 Å². The Labute approximate surface area is 227 Å². The number of rotatable bonds is 11. The number of carbonyl (C=O) groups excluding carboxylic acids is 1. The summed E-state index contributed by atoms with van der Waals surface area (Å²) in [5, 5.41) is 11.5.